The molecule has 0 saturated heterocycles. The quantitative estimate of drug-likeness (QED) is 0.234. The van der Waals surface area contributed by atoms with Crippen molar-refractivity contribution in [3.8, 4) is 11.5 Å². The van der Waals surface area contributed by atoms with Crippen LogP contribution in [0.1, 0.15) is 48.8 Å². The van der Waals surface area contributed by atoms with E-state index >= 15 is 0 Å². The van der Waals surface area contributed by atoms with E-state index < -0.39 is 11.6 Å². The number of ether oxygens (including phenoxy) is 2. The average Bonchev–Trinajstić information content (AvgIpc) is 3.49. The maximum atomic E-state index is 13.9. The lowest BCUT2D eigenvalue weighted by Gasteiger charge is -2.40. The summed E-state index contributed by atoms with van der Waals surface area (Å²) in [5, 5.41) is 12.0. The fraction of sp³-hybridized carbons (Fsp3) is 0.424. The summed E-state index contributed by atoms with van der Waals surface area (Å²) < 4.78 is 13.3. The van der Waals surface area contributed by atoms with Gasteiger partial charge in [-0.3, -0.25) is 0 Å². The summed E-state index contributed by atoms with van der Waals surface area (Å²) in [6, 6.07) is 25.6. The van der Waals surface area contributed by atoms with Crippen LogP contribution in [0, 0.1) is 11.8 Å². The predicted molar refractivity (Wildman–Crippen MR) is 147 cm³/mol. The second-order valence-corrected chi connectivity index (χ2v) is 11.9. The Morgan fingerprint density at radius 3 is 2.24 bits per heavy atom. The van der Waals surface area contributed by atoms with E-state index in [1.54, 1.807) is 24.3 Å². The molecule has 5 nitrogen and oxygen atoms in total. The van der Waals surface area contributed by atoms with E-state index in [1.165, 1.54) is 18.4 Å². The van der Waals surface area contributed by atoms with Crippen LogP contribution in [0.4, 0.5) is 0 Å². The van der Waals surface area contributed by atoms with Gasteiger partial charge in [-0.25, -0.2) is 4.79 Å². The van der Waals surface area contributed by atoms with Crippen LogP contribution in [0.2, 0.25) is 0 Å². The molecule has 0 radical (unpaired) electrons. The maximum absolute atomic E-state index is 13.9. The summed E-state index contributed by atoms with van der Waals surface area (Å²) in [4.78, 5) is 13.9. The third-order valence-electron chi connectivity index (χ3n) is 9.30. The Morgan fingerprint density at radius 2 is 1.55 bits per heavy atom. The summed E-state index contributed by atoms with van der Waals surface area (Å²) >= 11 is 0. The molecule has 6 rings (SSSR count). The second-order valence-electron chi connectivity index (χ2n) is 11.9. The lowest BCUT2D eigenvalue weighted by atomic mass is 9.83. The van der Waals surface area contributed by atoms with Crippen molar-refractivity contribution in [1.82, 2.24) is 0 Å². The number of unbranched alkanes of at least 4 members (excludes halogenated alkanes) is 1. The molecule has 3 aromatic carbocycles. The molecule has 2 aliphatic carbocycles. The van der Waals surface area contributed by atoms with Crippen molar-refractivity contribution in [2.24, 2.45) is 11.8 Å². The van der Waals surface area contributed by atoms with E-state index in [4.69, 9.17) is 9.47 Å². The third kappa shape index (κ3) is 4.32. The molecule has 4 atom stereocenters. The Labute approximate surface area is 225 Å². The molecule has 2 unspecified atom stereocenters. The molecular weight excluding hydrogens is 474 g/mol. The number of aliphatic hydroxyl groups is 1. The summed E-state index contributed by atoms with van der Waals surface area (Å²) in [6.07, 6.45) is 6.55. The molecule has 198 valence electrons. The molecule has 2 fully saturated rings. The molecule has 5 heteroatoms. The zero-order chi connectivity index (χ0) is 26.3. The second kappa shape index (κ2) is 9.87. The number of benzene rings is 3. The number of nitrogens with zero attached hydrogens (tertiary/aromatic N) is 1. The Morgan fingerprint density at radius 1 is 0.921 bits per heavy atom. The molecule has 0 amide bonds. The number of fused-ring (bicyclic) bond motifs is 4. The van der Waals surface area contributed by atoms with Crippen molar-refractivity contribution < 1.29 is 23.9 Å². The topological polar surface area (TPSA) is 55.8 Å². The van der Waals surface area contributed by atoms with Crippen LogP contribution in [0.5, 0.6) is 11.5 Å². The number of aryl methyl sites for hydroxylation is 1. The molecule has 3 aromatic rings. The van der Waals surface area contributed by atoms with Crippen LogP contribution in [0.15, 0.2) is 78.9 Å². The van der Waals surface area contributed by atoms with Gasteiger partial charge in [-0.15, -0.1) is 0 Å². The number of hydrogen-bond acceptors (Lipinski definition) is 4. The van der Waals surface area contributed by atoms with Crippen LogP contribution in [0.3, 0.4) is 0 Å². The first-order chi connectivity index (χ1) is 18.4. The highest BCUT2D eigenvalue weighted by Crippen LogP contribution is 2.52. The maximum Gasteiger partial charge on any atom is 0.348 e. The minimum atomic E-state index is -1.88. The highest BCUT2D eigenvalue weighted by atomic mass is 16.6. The first-order valence-corrected chi connectivity index (χ1v) is 14.0. The molecule has 2 saturated carbocycles. The van der Waals surface area contributed by atoms with Gasteiger partial charge in [-0.2, -0.15) is 0 Å². The highest BCUT2D eigenvalue weighted by molar-refractivity contribution is 5.88. The van der Waals surface area contributed by atoms with Gasteiger partial charge in [0.25, 0.3) is 0 Å². The minimum absolute atomic E-state index is 0.152. The van der Waals surface area contributed by atoms with Crippen LogP contribution < -0.4 is 4.74 Å². The first kappa shape index (κ1) is 25.1. The first-order valence-electron chi connectivity index (χ1n) is 14.0. The van der Waals surface area contributed by atoms with Crippen molar-refractivity contribution in [3.63, 3.8) is 0 Å². The molecule has 1 aliphatic heterocycles. The van der Waals surface area contributed by atoms with Gasteiger partial charge >= 0.3 is 5.97 Å². The minimum Gasteiger partial charge on any atom is -0.459 e. The smallest absolute Gasteiger partial charge is 0.348 e. The van der Waals surface area contributed by atoms with E-state index in [-0.39, 0.29) is 6.10 Å². The number of carbonyl (C=O) groups excluding carboxylic acids is 1. The number of carbonyl (C=O) groups is 1. The van der Waals surface area contributed by atoms with Crippen molar-refractivity contribution in [1.29, 1.82) is 0 Å². The number of para-hydroxylation sites is 2. The molecule has 3 aliphatic rings. The molecule has 0 aromatic heterocycles. The molecule has 1 heterocycles. The Balaban J connectivity index is 1.16. The van der Waals surface area contributed by atoms with Crippen molar-refractivity contribution in [3.05, 3.63) is 95.6 Å². The lowest BCUT2D eigenvalue weighted by molar-refractivity contribution is -0.918. The van der Waals surface area contributed by atoms with Gasteiger partial charge in [-0.05, 0) is 49.8 Å². The molecule has 1 N–H and O–H groups in total. The van der Waals surface area contributed by atoms with E-state index in [0.29, 0.717) is 40.5 Å². The predicted octanol–water partition coefficient (Wildman–Crippen LogP) is 5.84. The van der Waals surface area contributed by atoms with Crippen LogP contribution >= 0.6 is 0 Å². The standard InChI is InChI=1S/C33H38NO4/c1-34(2,21-11-10-14-23-12-4-3-5-13-23)28-22-24-19-20-25(28)31(24)38-32(35)33(36)26-15-6-8-17-29(26)37-30-18-9-7-16-27(30)33/h3-9,12-13,15-18,24-25,28,31,36H,10-11,14,19-22H2,1-2H3/q+1/t24?,25-,28-,31?/m0/s1. The van der Waals surface area contributed by atoms with Crippen LogP contribution in [-0.2, 0) is 21.6 Å². The third-order valence-corrected chi connectivity index (χ3v) is 9.30. The Kier molecular flexibility index (Phi) is 6.53. The van der Waals surface area contributed by atoms with Crippen molar-refractivity contribution in [2.75, 3.05) is 20.6 Å². The van der Waals surface area contributed by atoms with E-state index in [9.17, 15) is 9.90 Å². The van der Waals surface area contributed by atoms with E-state index in [0.717, 1.165) is 36.7 Å². The SMILES string of the molecule is C[N+](C)(CCCCc1ccccc1)[C@H]1CC2CC[C@@H]1C2OC(=O)C1(O)c2ccccc2Oc2ccccc21. The average molecular weight is 513 g/mol. The molecule has 0 spiro atoms. The fourth-order valence-corrected chi connectivity index (χ4v) is 7.28. The van der Waals surface area contributed by atoms with Crippen molar-refractivity contribution in [2.45, 2.75) is 56.3 Å². The zero-order valence-corrected chi connectivity index (χ0v) is 22.4. The largest absolute Gasteiger partial charge is 0.459 e. The summed E-state index contributed by atoms with van der Waals surface area (Å²) in [6.45, 7) is 1.11. The monoisotopic (exact) mass is 512 g/mol. The summed E-state index contributed by atoms with van der Waals surface area (Å²) in [5.74, 6) is 1.07. The van der Waals surface area contributed by atoms with Gasteiger partial charge in [0.05, 0.1) is 26.7 Å². The molecule has 2 bridgehead atoms. The zero-order valence-electron chi connectivity index (χ0n) is 22.4. The van der Waals surface area contributed by atoms with Gasteiger partial charge in [0.2, 0.25) is 5.60 Å². The fourth-order valence-electron chi connectivity index (χ4n) is 7.28. The number of hydrogen-bond donors (Lipinski definition) is 1. The van der Waals surface area contributed by atoms with Gasteiger partial charge in [0, 0.05) is 29.4 Å². The Hall–Kier alpha value is -3.15. The van der Waals surface area contributed by atoms with Gasteiger partial charge < -0.3 is 19.1 Å². The summed E-state index contributed by atoms with van der Waals surface area (Å²) in [5.41, 5.74) is 0.407. The van der Waals surface area contributed by atoms with E-state index in [2.05, 4.69) is 44.4 Å². The summed E-state index contributed by atoms with van der Waals surface area (Å²) in [7, 11) is 4.68. The Bertz CT molecular complexity index is 1260. The number of quaternary nitrogens is 1. The number of esters is 1. The highest BCUT2D eigenvalue weighted by Gasteiger charge is 2.58. The van der Waals surface area contributed by atoms with Crippen molar-refractivity contribution >= 4 is 5.97 Å². The lowest BCUT2D eigenvalue weighted by Crippen LogP contribution is -2.52. The van der Waals surface area contributed by atoms with Gasteiger partial charge in [0.1, 0.15) is 17.6 Å². The molecular formula is C33H38NO4+. The van der Waals surface area contributed by atoms with Gasteiger partial charge in [-0.1, -0.05) is 66.7 Å². The number of rotatable bonds is 8. The molecule has 38 heavy (non-hydrogen) atoms. The normalized spacial score (nSPS) is 24.8. The van der Waals surface area contributed by atoms with E-state index in [1.807, 2.05) is 24.3 Å². The van der Waals surface area contributed by atoms with Crippen LogP contribution in [-0.4, -0.2) is 48.3 Å². The van der Waals surface area contributed by atoms with Crippen LogP contribution in [0.25, 0.3) is 0 Å². The van der Waals surface area contributed by atoms with Gasteiger partial charge in [0.15, 0.2) is 0 Å².